The Labute approximate surface area is 212 Å². The SMILES string of the molecule is COC1=CC(=[N+]2CCOCC2)C=C(C)C1=Cc1c(C)cc(N2CCOCC2)cc1C.F[P-](F)(F)(F)(F)F. The van der Waals surface area contributed by atoms with Crippen LogP contribution in [-0.2, 0) is 14.2 Å². The van der Waals surface area contributed by atoms with E-state index in [-0.39, 0.29) is 0 Å². The van der Waals surface area contributed by atoms with E-state index in [0.29, 0.717) is 0 Å². The molecule has 0 bridgehead atoms. The summed E-state index contributed by atoms with van der Waals surface area (Å²) >= 11 is 0. The predicted octanol–water partition coefficient (Wildman–Crippen LogP) is 6.88. The fraction of sp³-hybridized carbons (Fsp3) is 0.480. The Morgan fingerprint density at radius 3 is 1.89 bits per heavy atom. The van der Waals surface area contributed by atoms with Gasteiger partial charge in [0.1, 0.15) is 19.0 Å². The average Bonchev–Trinajstić information content (AvgIpc) is 2.81. The van der Waals surface area contributed by atoms with E-state index in [4.69, 9.17) is 14.2 Å². The van der Waals surface area contributed by atoms with E-state index in [1.165, 1.54) is 33.7 Å². The number of aryl methyl sites for hydroxylation is 2. The van der Waals surface area contributed by atoms with Gasteiger partial charge in [0, 0.05) is 30.4 Å². The van der Waals surface area contributed by atoms with Crippen molar-refractivity contribution in [1.29, 1.82) is 0 Å². The summed E-state index contributed by atoms with van der Waals surface area (Å²) in [5.74, 6) is 0.924. The Kier molecular flexibility index (Phi) is 8.23. The van der Waals surface area contributed by atoms with Crippen LogP contribution in [0.25, 0.3) is 6.08 Å². The number of rotatable bonds is 3. The van der Waals surface area contributed by atoms with E-state index in [2.05, 4.69) is 60.6 Å². The number of benzene rings is 1. The Balaban J connectivity index is 0.000000479. The fourth-order valence-electron chi connectivity index (χ4n) is 4.43. The van der Waals surface area contributed by atoms with Crippen molar-refractivity contribution in [1.82, 2.24) is 0 Å². The van der Waals surface area contributed by atoms with Crippen molar-refractivity contribution in [2.75, 3.05) is 64.6 Å². The van der Waals surface area contributed by atoms with Crippen LogP contribution in [0.4, 0.5) is 30.9 Å². The Morgan fingerprint density at radius 2 is 1.38 bits per heavy atom. The zero-order valence-corrected chi connectivity index (χ0v) is 22.3. The van der Waals surface area contributed by atoms with E-state index in [0.717, 1.165) is 63.9 Å². The van der Waals surface area contributed by atoms with Gasteiger partial charge in [0.25, 0.3) is 0 Å². The predicted molar refractivity (Wildman–Crippen MR) is 135 cm³/mol. The van der Waals surface area contributed by atoms with Gasteiger partial charge in [-0.3, -0.25) is 0 Å². The molecule has 0 saturated carbocycles. The molecule has 0 radical (unpaired) electrons. The molecular weight excluding hydrogens is 521 g/mol. The standard InChI is InChI=1S/C25H33N2O3.F6P/c1-18-13-21(26-5-9-29-10-6-26)14-19(2)23(18)17-24-20(3)15-22(16-25(24)28-4)27-7-11-30-12-8-27;1-7(2,3,4,5)6/h13-17H,5-12H2,1-4H3;/q+1;-1. The van der Waals surface area contributed by atoms with Gasteiger partial charge in [0.15, 0.2) is 13.1 Å². The van der Waals surface area contributed by atoms with E-state index >= 15 is 0 Å². The molecule has 0 N–H and O–H groups in total. The molecule has 2 aliphatic heterocycles. The van der Waals surface area contributed by atoms with E-state index < -0.39 is 7.81 Å². The van der Waals surface area contributed by atoms with Gasteiger partial charge in [-0.2, -0.15) is 0 Å². The minimum absolute atomic E-state index is 0.781. The Morgan fingerprint density at radius 1 is 0.865 bits per heavy atom. The molecule has 37 heavy (non-hydrogen) atoms. The summed E-state index contributed by atoms with van der Waals surface area (Å²) in [5.41, 5.74) is 8.72. The van der Waals surface area contributed by atoms with Crippen molar-refractivity contribution >= 4 is 25.3 Å². The second kappa shape index (κ2) is 10.4. The molecule has 2 fully saturated rings. The third-order valence-corrected chi connectivity index (χ3v) is 6.17. The van der Waals surface area contributed by atoms with Crippen LogP contribution in [0.3, 0.4) is 0 Å². The topological polar surface area (TPSA) is 33.9 Å². The second-order valence-electron chi connectivity index (χ2n) is 9.17. The average molecular weight is 555 g/mol. The number of ether oxygens (including phenoxy) is 3. The number of nitrogens with zero attached hydrogens (tertiary/aromatic N) is 2. The van der Waals surface area contributed by atoms with Crippen LogP contribution in [-0.4, -0.2) is 70.0 Å². The summed E-state index contributed by atoms with van der Waals surface area (Å²) in [6, 6.07) is 4.60. The molecule has 4 rings (SSSR count). The third kappa shape index (κ3) is 9.47. The van der Waals surface area contributed by atoms with Gasteiger partial charge < -0.3 is 19.1 Å². The van der Waals surface area contributed by atoms with Gasteiger partial charge in [-0.05, 0) is 61.2 Å². The molecule has 2 saturated heterocycles. The first kappa shape index (κ1) is 29.2. The van der Waals surface area contributed by atoms with Crippen molar-refractivity contribution in [2.45, 2.75) is 20.8 Å². The second-order valence-corrected chi connectivity index (χ2v) is 11.1. The maximum atomic E-state index is 9.87. The molecule has 1 aromatic rings. The molecule has 0 unspecified atom stereocenters. The zero-order valence-electron chi connectivity index (χ0n) is 21.4. The number of methoxy groups -OCH3 is 1. The van der Waals surface area contributed by atoms with Crippen LogP contribution in [0, 0.1) is 13.8 Å². The molecular formula is C25H33F6N2O3P. The maximum absolute atomic E-state index is 10.7. The van der Waals surface area contributed by atoms with Gasteiger partial charge in [0.05, 0.1) is 26.4 Å². The van der Waals surface area contributed by atoms with Gasteiger partial charge in [-0.1, -0.05) is 0 Å². The zero-order chi connectivity index (χ0) is 27.5. The van der Waals surface area contributed by atoms with Gasteiger partial charge >= 0.3 is 33.0 Å². The molecule has 0 atom stereocenters. The summed E-state index contributed by atoms with van der Waals surface area (Å²) in [6.45, 7) is 13.5. The van der Waals surface area contributed by atoms with Gasteiger partial charge in [-0.25, -0.2) is 4.58 Å². The van der Waals surface area contributed by atoms with Crippen molar-refractivity contribution < 1.29 is 44.0 Å². The summed E-state index contributed by atoms with van der Waals surface area (Å²) in [5, 5.41) is 0. The first-order valence-corrected chi connectivity index (χ1v) is 13.9. The third-order valence-electron chi connectivity index (χ3n) is 6.17. The van der Waals surface area contributed by atoms with E-state index in [9.17, 15) is 25.2 Å². The fourth-order valence-corrected chi connectivity index (χ4v) is 4.43. The van der Waals surface area contributed by atoms with Crippen LogP contribution in [0.2, 0.25) is 0 Å². The molecule has 5 nitrogen and oxygen atoms in total. The van der Waals surface area contributed by atoms with Crippen LogP contribution < -0.4 is 4.90 Å². The summed E-state index contributed by atoms with van der Waals surface area (Å²) in [4.78, 5) is 2.41. The monoisotopic (exact) mass is 554 g/mol. The van der Waals surface area contributed by atoms with Crippen molar-refractivity contribution in [2.24, 2.45) is 0 Å². The molecule has 2 heterocycles. The summed E-state index contributed by atoms with van der Waals surface area (Å²) in [7, 11) is -8.90. The number of hydrogen-bond acceptors (Lipinski definition) is 4. The molecule has 1 aliphatic carbocycles. The van der Waals surface area contributed by atoms with Gasteiger partial charge in [0.2, 0.25) is 5.71 Å². The molecule has 0 amide bonds. The summed E-state index contributed by atoms with van der Waals surface area (Å²) < 4.78 is 78.4. The molecule has 0 aromatic heterocycles. The number of hydrogen-bond donors (Lipinski definition) is 0. The van der Waals surface area contributed by atoms with Crippen molar-refractivity contribution in [3.05, 3.63) is 57.9 Å². The quantitative estimate of drug-likeness (QED) is 0.232. The van der Waals surface area contributed by atoms with Gasteiger partial charge in [-0.15, -0.1) is 0 Å². The normalized spacial score (nSPS) is 21.9. The summed E-state index contributed by atoms with van der Waals surface area (Å²) in [6.07, 6.45) is 6.72. The van der Waals surface area contributed by atoms with Crippen LogP contribution in [0.1, 0.15) is 23.6 Å². The van der Waals surface area contributed by atoms with Crippen LogP contribution in [0.5, 0.6) is 0 Å². The molecule has 0 spiro atoms. The van der Waals surface area contributed by atoms with Crippen LogP contribution >= 0.6 is 7.81 Å². The molecule has 3 aliphatic rings. The minimum atomic E-state index is -10.7. The Hall–Kier alpha value is -2.36. The Bertz CT molecular complexity index is 1110. The first-order valence-electron chi connectivity index (χ1n) is 11.9. The molecule has 1 aromatic carbocycles. The van der Waals surface area contributed by atoms with Crippen molar-refractivity contribution in [3.8, 4) is 0 Å². The number of allylic oxidation sites excluding steroid dienone is 3. The van der Waals surface area contributed by atoms with Crippen LogP contribution in [0.15, 0.2) is 41.2 Å². The van der Waals surface area contributed by atoms with E-state index in [1.54, 1.807) is 7.11 Å². The first-order chi connectivity index (χ1) is 17.0. The molecule has 208 valence electrons. The number of halogens is 6. The molecule has 12 heteroatoms. The van der Waals surface area contributed by atoms with E-state index in [1.807, 2.05) is 0 Å². The van der Waals surface area contributed by atoms with Crippen molar-refractivity contribution in [3.63, 3.8) is 0 Å². The number of anilines is 1. The number of morpholine rings is 2.